The Bertz CT molecular complexity index is 802. The lowest BCUT2D eigenvalue weighted by Crippen LogP contribution is -2.34. The van der Waals surface area contributed by atoms with E-state index in [2.05, 4.69) is 47.7 Å². The number of likely N-dealkylation sites (N-methyl/N-ethyl adjacent to an activating group) is 1. The second kappa shape index (κ2) is 8.33. The summed E-state index contributed by atoms with van der Waals surface area (Å²) in [6, 6.07) is 4.38. The fraction of sp³-hybridized carbons (Fsp3) is 0.381. The van der Waals surface area contributed by atoms with E-state index in [0.717, 1.165) is 25.8 Å². The lowest BCUT2D eigenvalue weighted by molar-refractivity contribution is -0.133. The highest BCUT2D eigenvalue weighted by molar-refractivity contribution is 7.14. The van der Waals surface area contributed by atoms with Crippen molar-refractivity contribution in [1.82, 2.24) is 4.90 Å². The number of carbonyl (C=O) groups is 1. The van der Waals surface area contributed by atoms with Crippen LogP contribution in [0.15, 0.2) is 40.6 Å². The molecule has 0 fully saturated rings. The molecular weight excluding hydrogens is 362 g/mol. The number of allylic oxidation sites excluding steroid dienone is 1. The number of carboxylic acid groups (broad SMARTS) is 1. The van der Waals surface area contributed by atoms with Crippen LogP contribution in [-0.2, 0) is 4.79 Å². The maximum absolute atomic E-state index is 11.4. The minimum Gasteiger partial charge on any atom is -0.478 e. The summed E-state index contributed by atoms with van der Waals surface area (Å²) in [4.78, 5) is 16.2. The Morgan fingerprint density at radius 3 is 2.35 bits per heavy atom. The Labute approximate surface area is 163 Å². The van der Waals surface area contributed by atoms with Crippen molar-refractivity contribution >= 4 is 34.2 Å². The van der Waals surface area contributed by atoms with E-state index in [1.165, 1.54) is 26.5 Å². The quantitative estimate of drug-likeness (QED) is 0.696. The largest absolute Gasteiger partial charge is 0.478 e. The van der Waals surface area contributed by atoms with Crippen LogP contribution in [0.2, 0.25) is 0 Å². The molecule has 0 aromatic carbocycles. The first-order chi connectivity index (χ1) is 12.5. The summed E-state index contributed by atoms with van der Waals surface area (Å²) < 4.78 is 0. The topological polar surface area (TPSA) is 40.5 Å². The van der Waals surface area contributed by atoms with Crippen LogP contribution >= 0.6 is 22.7 Å². The van der Waals surface area contributed by atoms with Gasteiger partial charge in [0.05, 0.1) is 5.57 Å². The predicted molar refractivity (Wildman–Crippen MR) is 111 cm³/mol. The zero-order valence-electron chi connectivity index (χ0n) is 15.5. The molecule has 2 aromatic rings. The number of thiophene rings is 2. The highest BCUT2D eigenvalue weighted by atomic mass is 32.1. The monoisotopic (exact) mass is 387 g/mol. The molecule has 0 saturated heterocycles. The molecule has 3 nitrogen and oxygen atoms in total. The van der Waals surface area contributed by atoms with E-state index < -0.39 is 5.97 Å². The van der Waals surface area contributed by atoms with Gasteiger partial charge in [0.2, 0.25) is 0 Å². The third-order valence-electron chi connectivity index (χ3n) is 4.99. The van der Waals surface area contributed by atoms with Crippen molar-refractivity contribution < 1.29 is 9.90 Å². The summed E-state index contributed by atoms with van der Waals surface area (Å²) in [6.07, 6.45) is 6.87. The minimum atomic E-state index is -0.779. The molecule has 0 spiro atoms. The summed E-state index contributed by atoms with van der Waals surface area (Å²) in [5.74, 6) is -0.779. The predicted octanol–water partition coefficient (Wildman–Crippen LogP) is 5.35. The molecular formula is C21H25NO2S2. The number of aliphatic carboxylic acids is 1. The van der Waals surface area contributed by atoms with Gasteiger partial charge >= 0.3 is 5.97 Å². The molecule has 5 heteroatoms. The van der Waals surface area contributed by atoms with Crippen LogP contribution in [0.4, 0.5) is 0 Å². The fourth-order valence-corrected chi connectivity index (χ4v) is 5.54. The highest BCUT2D eigenvalue weighted by Gasteiger charge is 2.27. The molecule has 2 aromatic heterocycles. The number of nitrogens with zero attached hydrogens (tertiary/aromatic N) is 1. The Morgan fingerprint density at radius 2 is 1.85 bits per heavy atom. The van der Waals surface area contributed by atoms with Crippen molar-refractivity contribution in [2.24, 2.45) is 0 Å². The van der Waals surface area contributed by atoms with Gasteiger partial charge in [-0.3, -0.25) is 4.90 Å². The Balaban J connectivity index is 1.76. The van der Waals surface area contributed by atoms with Crippen LogP contribution < -0.4 is 0 Å². The second-order valence-electron chi connectivity index (χ2n) is 6.81. The van der Waals surface area contributed by atoms with Crippen molar-refractivity contribution in [2.45, 2.75) is 39.2 Å². The standard InChI is InChI=1S/C21H25NO2S2/c1-14-9-12-25-19(14)17(20-15(2)10-13-26-20)7-5-11-22(3)18-8-4-6-16(18)21(23)24/h6-7,9-10,12-13,18H,4-5,8,11H2,1-3H3,(H,23,24). The van der Waals surface area contributed by atoms with E-state index >= 15 is 0 Å². The van der Waals surface area contributed by atoms with Crippen molar-refractivity contribution in [1.29, 1.82) is 0 Å². The number of hydrogen-bond donors (Lipinski definition) is 1. The van der Waals surface area contributed by atoms with E-state index in [-0.39, 0.29) is 6.04 Å². The van der Waals surface area contributed by atoms with Gasteiger partial charge in [0.1, 0.15) is 0 Å². The van der Waals surface area contributed by atoms with Gasteiger partial charge in [-0.25, -0.2) is 4.79 Å². The summed E-state index contributed by atoms with van der Waals surface area (Å²) in [5.41, 5.74) is 4.50. The average molecular weight is 388 g/mol. The molecule has 1 N–H and O–H groups in total. The van der Waals surface area contributed by atoms with Gasteiger partial charge in [-0.1, -0.05) is 12.2 Å². The molecule has 1 unspecified atom stereocenters. The normalized spacial score (nSPS) is 16.8. The van der Waals surface area contributed by atoms with E-state index in [4.69, 9.17) is 0 Å². The van der Waals surface area contributed by atoms with E-state index in [1.54, 1.807) is 22.7 Å². The van der Waals surface area contributed by atoms with Crippen LogP contribution in [0.1, 0.15) is 40.1 Å². The van der Waals surface area contributed by atoms with Gasteiger partial charge in [-0.2, -0.15) is 0 Å². The molecule has 26 heavy (non-hydrogen) atoms. The molecule has 0 aliphatic heterocycles. The molecule has 138 valence electrons. The maximum atomic E-state index is 11.4. The summed E-state index contributed by atoms with van der Waals surface area (Å²) in [6.45, 7) is 5.18. The van der Waals surface area contributed by atoms with Crippen LogP contribution in [0.25, 0.3) is 5.57 Å². The van der Waals surface area contributed by atoms with Crippen molar-refractivity contribution in [3.8, 4) is 0 Å². The first-order valence-electron chi connectivity index (χ1n) is 8.91. The number of hydrogen-bond acceptors (Lipinski definition) is 4. The number of rotatable bonds is 7. The van der Waals surface area contributed by atoms with Gasteiger partial charge < -0.3 is 5.11 Å². The van der Waals surface area contributed by atoms with Gasteiger partial charge in [0, 0.05) is 27.9 Å². The third kappa shape index (κ3) is 4.00. The van der Waals surface area contributed by atoms with Crippen LogP contribution in [0.5, 0.6) is 0 Å². The van der Waals surface area contributed by atoms with Crippen molar-refractivity contribution in [2.75, 3.05) is 13.6 Å². The summed E-state index contributed by atoms with van der Waals surface area (Å²) in [5, 5.41) is 13.7. The first kappa shape index (κ1) is 19.1. The third-order valence-corrected chi connectivity index (χ3v) is 7.09. The van der Waals surface area contributed by atoms with Crippen molar-refractivity contribution in [3.63, 3.8) is 0 Å². The second-order valence-corrected chi connectivity index (χ2v) is 8.64. The molecule has 0 amide bonds. The van der Waals surface area contributed by atoms with Gasteiger partial charge in [-0.05, 0) is 74.2 Å². The average Bonchev–Trinajstić information content (AvgIpc) is 3.32. The maximum Gasteiger partial charge on any atom is 0.332 e. The van der Waals surface area contributed by atoms with Gasteiger partial charge in [0.25, 0.3) is 0 Å². The molecule has 1 aliphatic carbocycles. The zero-order valence-corrected chi connectivity index (χ0v) is 17.1. The SMILES string of the molecule is Cc1ccsc1C(=CCCN(C)C1CCC=C1C(=O)O)c1sccc1C. The summed E-state index contributed by atoms with van der Waals surface area (Å²) >= 11 is 3.58. The van der Waals surface area contributed by atoms with Crippen LogP contribution in [0, 0.1) is 13.8 Å². The Morgan fingerprint density at radius 1 is 1.23 bits per heavy atom. The van der Waals surface area contributed by atoms with Gasteiger partial charge in [0.15, 0.2) is 0 Å². The zero-order chi connectivity index (χ0) is 18.7. The van der Waals surface area contributed by atoms with E-state index in [1.807, 2.05) is 13.1 Å². The van der Waals surface area contributed by atoms with Crippen LogP contribution in [-0.4, -0.2) is 35.6 Å². The molecule has 3 rings (SSSR count). The smallest absolute Gasteiger partial charge is 0.332 e. The number of aryl methyl sites for hydroxylation is 2. The highest BCUT2D eigenvalue weighted by Crippen LogP contribution is 2.35. The molecule has 2 heterocycles. The van der Waals surface area contributed by atoms with E-state index in [9.17, 15) is 9.90 Å². The molecule has 0 radical (unpaired) electrons. The van der Waals surface area contributed by atoms with E-state index in [0.29, 0.717) is 5.57 Å². The lowest BCUT2D eigenvalue weighted by Gasteiger charge is -2.25. The molecule has 1 aliphatic rings. The molecule has 0 saturated carbocycles. The minimum absolute atomic E-state index is 0.0382. The fourth-order valence-electron chi connectivity index (χ4n) is 3.53. The Kier molecular flexibility index (Phi) is 6.12. The van der Waals surface area contributed by atoms with Gasteiger partial charge in [-0.15, -0.1) is 22.7 Å². The lowest BCUT2D eigenvalue weighted by atomic mass is 10.0. The Hall–Kier alpha value is -1.69. The first-order valence-corrected chi connectivity index (χ1v) is 10.7. The number of carboxylic acids is 1. The summed E-state index contributed by atoms with van der Waals surface area (Å²) in [7, 11) is 2.03. The van der Waals surface area contributed by atoms with Crippen molar-refractivity contribution in [3.05, 3.63) is 61.5 Å². The van der Waals surface area contributed by atoms with Crippen LogP contribution in [0.3, 0.4) is 0 Å². The molecule has 1 atom stereocenters. The molecule has 0 bridgehead atoms.